The van der Waals surface area contributed by atoms with E-state index in [1.807, 2.05) is 37.3 Å². The second-order valence-corrected chi connectivity index (χ2v) is 8.10. The summed E-state index contributed by atoms with van der Waals surface area (Å²) >= 11 is 0. The molecule has 1 atom stereocenters. The molecule has 2 nitrogen and oxygen atoms in total. The monoisotopic (exact) mass is 452 g/mol. The number of esters is 1. The minimum atomic E-state index is -0.0986. The molecule has 29 heavy (non-hydrogen) atoms. The fourth-order valence-electron chi connectivity index (χ4n) is 3.89. The van der Waals surface area contributed by atoms with Crippen molar-refractivity contribution in [1.29, 1.82) is 0 Å². The maximum atomic E-state index is 12.3. The first kappa shape index (κ1) is 28.3. The molecule has 0 N–H and O–H groups in total. The van der Waals surface area contributed by atoms with E-state index in [1.165, 1.54) is 83.5 Å². The smallest absolute Gasteiger partial charge is 0.313 e. The Morgan fingerprint density at radius 3 is 1.62 bits per heavy atom. The molecule has 1 aromatic rings. The third-order valence-corrected chi connectivity index (χ3v) is 5.62. The second-order valence-electron chi connectivity index (χ2n) is 8.10. The number of hydrogen-bond donors (Lipinski definition) is 0. The molecule has 0 spiro atoms. The SMILES string of the molecule is CCCCCCCCCCCCCCCCC(C(=O)OCC)c1ccccc1.[Zn]. The summed E-state index contributed by atoms with van der Waals surface area (Å²) in [7, 11) is 0. The molecule has 0 aliphatic heterocycles. The van der Waals surface area contributed by atoms with Crippen molar-refractivity contribution in [3.63, 3.8) is 0 Å². The minimum Gasteiger partial charge on any atom is -0.466 e. The van der Waals surface area contributed by atoms with Gasteiger partial charge < -0.3 is 4.74 Å². The Balaban J connectivity index is 0.00000784. The number of rotatable bonds is 18. The molecule has 0 aromatic heterocycles. The summed E-state index contributed by atoms with van der Waals surface area (Å²) in [5, 5.41) is 0. The van der Waals surface area contributed by atoms with Crippen molar-refractivity contribution in [3.05, 3.63) is 35.9 Å². The van der Waals surface area contributed by atoms with E-state index in [0.29, 0.717) is 6.61 Å². The standard InChI is InChI=1S/C26H44O2.Zn/c1-3-5-6-7-8-9-10-11-12-13-14-15-16-20-23-25(26(27)28-4-2)24-21-18-17-19-22-24;/h17-19,21-22,25H,3-16,20,23H2,1-2H3;. The first-order valence-corrected chi connectivity index (χ1v) is 12.0. The van der Waals surface area contributed by atoms with Gasteiger partial charge in [0.15, 0.2) is 0 Å². The molecule has 0 radical (unpaired) electrons. The second kappa shape index (κ2) is 20.6. The van der Waals surface area contributed by atoms with Gasteiger partial charge in [0.25, 0.3) is 0 Å². The summed E-state index contributed by atoms with van der Waals surface area (Å²) in [6, 6.07) is 10.1. The van der Waals surface area contributed by atoms with Crippen LogP contribution in [0.3, 0.4) is 0 Å². The number of hydrogen-bond acceptors (Lipinski definition) is 2. The molecule has 1 aromatic carbocycles. The van der Waals surface area contributed by atoms with Crippen molar-refractivity contribution < 1.29 is 29.0 Å². The zero-order chi connectivity index (χ0) is 20.3. The Kier molecular flexibility index (Phi) is 20.1. The van der Waals surface area contributed by atoms with Gasteiger partial charge >= 0.3 is 5.97 Å². The molecule has 0 fully saturated rings. The maximum absolute atomic E-state index is 12.3. The molecular weight excluding hydrogens is 410 g/mol. The van der Waals surface area contributed by atoms with Crippen molar-refractivity contribution in [1.82, 2.24) is 0 Å². The summed E-state index contributed by atoms with van der Waals surface area (Å²) in [4.78, 5) is 12.3. The van der Waals surface area contributed by atoms with Crippen molar-refractivity contribution in [2.24, 2.45) is 0 Å². The molecule has 162 valence electrons. The fourth-order valence-corrected chi connectivity index (χ4v) is 3.89. The van der Waals surface area contributed by atoms with Crippen LogP contribution in [-0.4, -0.2) is 12.6 Å². The first-order chi connectivity index (χ1) is 13.8. The normalized spacial score (nSPS) is 11.7. The molecule has 0 heterocycles. The van der Waals surface area contributed by atoms with Crippen molar-refractivity contribution >= 4 is 5.97 Å². The largest absolute Gasteiger partial charge is 0.466 e. The van der Waals surface area contributed by atoms with Gasteiger partial charge in [-0.1, -0.05) is 127 Å². The molecule has 0 saturated heterocycles. The van der Waals surface area contributed by atoms with Gasteiger partial charge in [-0.2, -0.15) is 0 Å². The van der Waals surface area contributed by atoms with E-state index in [2.05, 4.69) is 6.92 Å². The average Bonchev–Trinajstić information content (AvgIpc) is 2.72. The average molecular weight is 454 g/mol. The van der Waals surface area contributed by atoms with Crippen molar-refractivity contribution in [2.45, 2.75) is 116 Å². The van der Waals surface area contributed by atoms with Crippen LogP contribution in [0.4, 0.5) is 0 Å². The van der Waals surface area contributed by atoms with Crippen LogP contribution in [0.15, 0.2) is 30.3 Å². The van der Waals surface area contributed by atoms with Crippen LogP contribution in [0.2, 0.25) is 0 Å². The Morgan fingerprint density at radius 1 is 0.724 bits per heavy atom. The molecule has 0 aliphatic carbocycles. The van der Waals surface area contributed by atoms with E-state index < -0.39 is 0 Å². The minimum absolute atomic E-state index is 0. The van der Waals surface area contributed by atoms with Gasteiger partial charge in [0.1, 0.15) is 0 Å². The van der Waals surface area contributed by atoms with Crippen LogP contribution < -0.4 is 0 Å². The fraction of sp³-hybridized carbons (Fsp3) is 0.731. The summed E-state index contributed by atoms with van der Waals surface area (Å²) in [6.45, 7) is 4.62. The third kappa shape index (κ3) is 14.9. The first-order valence-electron chi connectivity index (χ1n) is 12.0. The number of unbranched alkanes of at least 4 members (excludes halogenated alkanes) is 13. The topological polar surface area (TPSA) is 26.3 Å². The summed E-state index contributed by atoms with van der Waals surface area (Å²) in [6.07, 6.45) is 19.9. The molecule has 3 heteroatoms. The Morgan fingerprint density at radius 2 is 1.17 bits per heavy atom. The van der Waals surface area contributed by atoms with Crippen molar-refractivity contribution in [3.8, 4) is 0 Å². The molecule has 1 rings (SSSR count). The number of benzene rings is 1. The summed E-state index contributed by atoms with van der Waals surface area (Å²) in [5.74, 6) is -0.165. The van der Waals surface area contributed by atoms with Crippen LogP contribution in [0.25, 0.3) is 0 Å². The van der Waals surface area contributed by atoms with Crippen LogP contribution in [-0.2, 0) is 29.0 Å². The van der Waals surface area contributed by atoms with E-state index in [9.17, 15) is 4.79 Å². The van der Waals surface area contributed by atoms with E-state index in [0.717, 1.165) is 18.4 Å². The van der Waals surface area contributed by atoms with Crippen LogP contribution in [0.5, 0.6) is 0 Å². The zero-order valence-electron chi connectivity index (χ0n) is 19.3. The summed E-state index contributed by atoms with van der Waals surface area (Å²) in [5.41, 5.74) is 1.09. The van der Waals surface area contributed by atoms with Gasteiger partial charge in [0.2, 0.25) is 0 Å². The Bertz CT molecular complexity index is 475. The number of ether oxygens (including phenoxy) is 1. The van der Waals surface area contributed by atoms with Crippen molar-refractivity contribution in [2.75, 3.05) is 6.61 Å². The number of carbonyl (C=O) groups is 1. The Hall–Kier alpha value is -0.687. The predicted octanol–water partition coefficient (Wildman–Crippen LogP) is 8.20. The van der Waals surface area contributed by atoms with Gasteiger partial charge in [-0.3, -0.25) is 4.79 Å². The Labute approximate surface area is 193 Å². The molecular formula is C26H44O2Zn. The van der Waals surface area contributed by atoms with Crippen LogP contribution in [0, 0.1) is 0 Å². The van der Waals surface area contributed by atoms with Crippen LogP contribution in [0.1, 0.15) is 122 Å². The summed E-state index contributed by atoms with van der Waals surface area (Å²) < 4.78 is 5.29. The van der Waals surface area contributed by atoms with Crippen LogP contribution >= 0.6 is 0 Å². The molecule has 1 unspecified atom stereocenters. The predicted molar refractivity (Wildman–Crippen MR) is 121 cm³/mol. The molecule has 0 bridgehead atoms. The molecule has 0 amide bonds. The van der Waals surface area contributed by atoms with E-state index in [-0.39, 0.29) is 31.4 Å². The quantitative estimate of drug-likeness (QED) is 0.127. The third-order valence-electron chi connectivity index (χ3n) is 5.62. The zero-order valence-corrected chi connectivity index (χ0v) is 22.3. The van der Waals surface area contributed by atoms with Gasteiger partial charge in [-0.15, -0.1) is 0 Å². The number of carbonyl (C=O) groups excluding carboxylic acids is 1. The van der Waals surface area contributed by atoms with Gasteiger partial charge in [0.05, 0.1) is 12.5 Å². The van der Waals surface area contributed by atoms with E-state index >= 15 is 0 Å². The molecule has 0 saturated carbocycles. The van der Waals surface area contributed by atoms with E-state index in [4.69, 9.17) is 4.74 Å². The van der Waals surface area contributed by atoms with Gasteiger partial charge in [-0.05, 0) is 18.9 Å². The van der Waals surface area contributed by atoms with Gasteiger partial charge in [-0.25, -0.2) is 0 Å². The van der Waals surface area contributed by atoms with Gasteiger partial charge in [0, 0.05) is 19.5 Å². The van der Waals surface area contributed by atoms with E-state index in [1.54, 1.807) is 0 Å². The molecule has 0 aliphatic rings. The maximum Gasteiger partial charge on any atom is 0.313 e.